The molecule has 1 heterocycles. The lowest BCUT2D eigenvalue weighted by Gasteiger charge is -2.36. The van der Waals surface area contributed by atoms with Crippen molar-refractivity contribution in [2.45, 2.75) is 19.4 Å². The Bertz CT molecular complexity index is 686. The Balaban J connectivity index is 1.93. The lowest BCUT2D eigenvalue weighted by Crippen LogP contribution is -2.43. The number of hydrogen-bond acceptors (Lipinski definition) is 3. The van der Waals surface area contributed by atoms with Gasteiger partial charge in [-0.15, -0.1) is 0 Å². The van der Waals surface area contributed by atoms with Crippen molar-refractivity contribution in [3.8, 4) is 6.07 Å². The Kier molecular flexibility index (Phi) is 3.81. The van der Waals surface area contributed by atoms with Crippen LogP contribution in [0.5, 0.6) is 0 Å². The van der Waals surface area contributed by atoms with E-state index < -0.39 is 0 Å². The number of nitriles is 1. The number of anilines is 1. The van der Waals surface area contributed by atoms with Crippen LogP contribution in [0.3, 0.4) is 0 Å². The monoisotopic (exact) mass is 279 g/mol. The number of nitrogens with one attached hydrogen (secondary N) is 1. The molecule has 2 atom stereocenters. The predicted molar refractivity (Wildman–Crippen MR) is 87.4 cm³/mol. The molecule has 2 unspecified atom stereocenters. The topological polar surface area (TPSA) is 39.1 Å². The van der Waals surface area contributed by atoms with Crippen LogP contribution in [0.25, 0.3) is 10.8 Å². The molecule has 0 spiro atoms. The van der Waals surface area contributed by atoms with Crippen LogP contribution >= 0.6 is 0 Å². The van der Waals surface area contributed by atoms with Crippen LogP contribution in [0.15, 0.2) is 36.4 Å². The van der Waals surface area contributed by atoms with E-state index in [0.29, 0.717) is 12.0 Å². The van der Waals surface area contributed by atoms with Crippen molar-refractivity contribution in [1.82, 2.24) is 4.90 Å². The summed E-state index contributed by atoms with van der Waals surface area (Å²) < 4.78 is 0. The molecule has 1 fully saturated rings. The molecular formula is C18H21N3. The van der Waals surface area contributed by atoms with Gasteiger partial charge in [0.05, 0.1) is 11.6 Å². The van der Waals surface area contributed by atoms with Gasteiger partial charge in [0, 0.05) is 29.0 Å². The van der Waals surface area contributed by atoms with Gasteiger partial charge in [0.1, 0.15) is 0 Å². The Hall–Kier alpha value is -2.05. The first-order chi connectivity index (χ1) is 10.2. The van der Waals surface area contributed by atoms with E-state index in [9.17, 15) is 5.26 Å². The first-order valence-corrected chi connectivity index (χ1v) is 7.56. The second-order valence-corrected chi connectivity index (χ2v) is 6.10. The Morgan fingerprint density at radius 2 is 1.95 bits per heavy atom. The van der Waals surface area contributed by atoms with Gasteiger partial charge in [-0.2, -0.15) is 5.26 Å². The zero-order valence-electron chi connectivity index (χ0n) is 12.6. The molecule has 21 heavy (non-hydrogen) atoms. The van der Waals surface area contributed by atoms with Crippen LogP contribution in [0.4, 0.5) is 5.69 Å². The van der Waals surface area contributed by atoms with Gasteiger partial charge in [-0.05, 0) is 38.1 Å². The van der Waals surface area contributed by atoms with Crippen LogP contribution < -0.4 is 5.32 Å². The van der Waals surface area contributed by atoms with Crippen molar-refractivity contribution in [2.75, 3.05) is 25.5 Å². The Morgan fingerprint density at radius 3 is 2.67 bits per heavy atom. The maximum atomic E-state index is 9.24. The molecule has 0 saturated carbocycles. The molecule has 2 aromatic rings. The number of rotatable bonds is 2. The molecular weight excluding hydrogens is 258 g/mol. The van der Waals surface area contributed by atoms with Crippen molar-refractivity contribution in [3.63, 3.8) is 0 Å². The Morgan fingerprint density at radius 1 is 1.19 bits per heavy atom. The molecule has 1 N–H and O–H groups in total. The molecule has 0 radical (unpaired) electrons. The lowest BCUT2D eigenvalue weighted by atomic mass is 9.93. The highest BCUT2D eigenvalue weighted by molar-refractivity contribution is 5.97. The molecule has 1 saturated heterocycles. The van der Waals surface area contributed by atoms with E-state index in [1.807, 2.05) is 30.3 Å². The first-order valence-electron chi connectivity index (χ1n) is 7.56. The number of fused-ring (bicyclic) bond motifs is 1. The van der Waals surface area contributed by atoms with Gasteiger partial charge in [-0.1, -0.05) is 31.2 Å². The SMILES string of the molecule is CC1CN(C)CCC1Nc1ccc(C#N)c2ccccc12. The Labute approximate surface area is 126 Å². The third kappa shape index (κ3) is 2.72. The number of hydrogen-bond donors (Lipinski definition) is 1. The van der Waals surface area contributed by atoms with Crippen molar-refractivity contribution < 1.29 is 0 Å². The first kappa shape index (κ1) is 13.9. The average Bonchev–Trinajstić information content (AvgIpc) is 2.50. The third-order valence-electron chi connectivity index (χ3n) is 4.49. The molecule has 108 valence electrons. The molecule has 0 aromatic heterocycles. The number of nitrogens with zero attached hydrogens (tertiary/aromatic N) is 2. The fourth-order valence-electron chi connectivity index (χ4n) is 3.29. The highest BCUT2D eigenvalue weighted by atomic mass is 15.1. The number of piperidine rings is 1. The van der Waals surface area contributed by atoms with Gasteiger partial charge < -0.3 is 10.2 Å². The number of likely N-dealkylation sites (tertiary alicyclic amines) is 1. The number of benzene rings is 2. The summed E-state index contributed by atoms with van der Waals surface area (Å²) in [6.45, 7) is 4.57. The van der Waals surface area contributed by atoms with Gasteiger partial charge in [0.15, 0.2) is 0 Å². The minimum Gasteiger partial charge on any atom is -0.381 e. The van der Waals surface area contributed by atoms with E-state index >= 15 is 0 Å². The van der Waals surface area contributed by atoms with E-state index in [2.05, 4.69) is 36.3 Å². The molecule has 0 bridgehead atoms. The minimum atomic E-state index is 0.498. The average molecular weight is 279 g/mol. The fraction of sp³-hybridized carbons (Fsp3) is 0.389. The van der Waals surface area contributed by atoms with Crippen molar-refractivity contribution in [2.24, 2.45) is 5.92 Å². The highest BCUT2D eigenvalue weighted by Crippen LogP contribution is 2.29. The van der Waals surface area contributed by atoms with Crippen LogP contribution in [0.2, 0.25) is 0 Å². The van der Waals surface area contributed by atoms with Crippen molar-refractivity contribution in [3.05, 3.63) is 42.0 Å². The largest absolute Gasteiger partial charge is 0.381 e. The van der Waals surface area contributed by atoms with Crippen molar-refractivity contribution >= 4 is 16.5 Å². The molecule has 3 nitrogen and oxygen atoms in total. The molecule has 0 amide bonds. The summed E-state index contributed by atoms with van der Waals surface area (Å²) in [6.07, 6.45) is 1.16. The molecule has 0 aliphatic carbocycles. The van der Waals surface area contributed by atoms with E-state index in [1.54, 1.807) is 0 Å². The van der Waals surface area contributed by atoms with Crippen LogP contribution in [0, 0.1) is 17.2 Å². The maximum Gasteiger partial charge on any atom is 0.0998 e. The normalized spacial score (nSPS) is 22.9. The van der Waals surface area contributed by atoms with Crippen LogP contribution in [-0.4, -0.2) is 31.1 Å². The summed E-state index contributed by atoms with van der Waals surface area (Å²) in [5.74, 6) is 0.623. The second-order valence-electron chi connectivity index (χ2n) is 6.10. The van der Waals surface area contributed by atoms with E-state index in [-0.39, 0.29) is 0 Å². The zero-order chi connectivity index (χ0) is 14.8. The van der Waals surface area contributed by atoms with E-state index in [1.165, 1.54) is 0 Å². The molecule has 2 aromatic carbocycles. The quantitative estimate of drug-likeness (QED) is 0.915. The summed E-state index contributed by atoms with van der Waals surface area (Å²) in [5.41, 5.74) is 1.89. The third-order valence-corrected chi connectivity index (χ3v) is 4.49. The van der Waals surface area contributed by atoms with Gasteiger partial charge >= 0.3 is 0 Å². The summed E-state index contributed by atoms with van der Waals surface area (Å²) in [7, 11) is 2.18. The summed E-state index contributed by atoms with van der Waals surface area (Å²) in [5, 5.41) is 15.1. The standard InChI is InChI=1S/C18H21N3/c1-13-12-21(2)10-9-17(13)20-18-8-7-14(11-19)15-5-3-4-6-16(15)18/h3-8,13,17,20H,9-10,12H2,1-2H3. The lowest BCUT2D eigenvalue weighted by molar-refractivity contribution is 0.206. The van der Waals surface area contributed by atoms with E-state index in [0.717, 1.165) is 41.5 Å². The predicted octanol–water partition coefficient (Wildman–Crippen LogP) is 3.46. The fourth-order valence-corrected chi connectivity index (χ4v) is 3.29. The zero-order valence-corrected chi connectivity index (χ0v) is 12.6. The highest BCUT2D eigenvalue weighted by Gasteiger charge is 2.24. The van der Waals surface area contributed by atoms with Gasteiger partial charge in [-0.25, -0.2) is 0 Å². The van der Waals surface area contributed by atoms with Gasteiger partial charge in [0.25, 0.3) is 0 Å². The minimum absolute atomic E-state index is 0.498. The smallest absolute Gasteiger partial charge is 0.0998 e. The maximum absolute atomic E-state index is 9.24. The van der Waals surface area contributed by atoms with Crippen LogP contribution in [0.1, 0.15) is 18.9 Å². The van der Waals surface area contributed by atoms with Crippen molar-refractivity contribution in [1.29, 1.82) is 5.26 Å². The van der Waals surface area contributed by atoms with Gasteiger partial charge in [0.2, 0.25) is 0 Å². The van der Waals surface area contributed by atoms with E-state index in [4.69, 9.17) is 0 Å². The molecule has 3 heteroatoms. The van der Waals surface area contributed by atoms with Crippen LogP contribution in [-0.2, 0) is 0 Å². The summed E-state index contributed by atoms with van der Waals surface area (Å²) >= 11 is 0. The molecule has 1 aliphatic rings. The summed E-state index contributed by atoms with van der Waals surface area (Å²) in [4.78, 5) is 2.39. The summed E-state index contributed by atoms with van der Waals surface area (Å²) in [6, 6.07) is 14.9. The van der Waals surface area contributed by atoms with Gasteiger partial charge in [-0.3, -0.25) is 0 Å². The molecule has 3 rings (SSSR count). The second kappa shape index (κ2) is 5.75. The molecule has 1 aliphatic heterocycles.